The van der Waals surface area contributed by atoms with Crippen molar-refractivity contribution < 1.29 is 0 Å². The summed E-state index contributed by atoms with van der Waals surface area (Å²) in [5, 5.41) is 3.12. The number of thiocarbonyl (C=S) groups is 1. The highest BCUT2D eigenvalue weighted by Gasteiger charge is 2.34. The molecule has 2 aliphatic heterocycles. The molecule has 2 aliphatic rings. The molecule has 0 saturated carbocycles. The molecule has 2 heterocycles. The molecule has 0 aromatic rings. The zero-order valence-corrected chi connectivity index (χ0v) is 6.30. The molecule has 0 spiro atoms. The first-order valence-corrected chi connectivity index (χ1v) is 3.39. The van der Waals surface area contributed by atoms with Crippen molar-refractivity contribution in [1.82, 2.24) is 5.32 Å². The molecule has 0 bridgehead atoms. The lowest BCUT2D eigenvalue weighted by molar-refractivity contribution is 0.797. The maximum atomic E-state index is 5.73. The summed E-state index contributed by atoms with van der Waals surface area (Å²) in [5.41, 5.74) is 4.83. The zero-order chi connectivity index (χ0) is 7.90. The van der Waals surface area contributed by atoms with Crippen LogP contribution in [0.2, 0.25) is 0 Å². The quantitative estimate of drug-likeness (QED) is 0.456. The summed E-state index contributed by atoms with van der Waals surface area (Å²) in [6.07, 6.45) is 2.87. The molecule has 2 rings (SSSR count). The van der Waals surface area contributed by atoms with Gasteiger partial charge in [-0.25, -0.2) is 15.0 Å². The van der Waals surface area contributed by atoms with Crippen LogP contribution < -0.4 is 11.1 Å². The van der Waals surface area contributed by atoms with Crippen LogP contribution in [0.3, 0.4) is 0 Å². The zero-order valence-electron chi connectivity index (χ0n) is 5.48. The fourth-order valence-corrected chi connectivity index (χ4v) is 1.01. The van der Waals surface area contributed by atoms with Crippen molar-refractivity contribution in [3.05, 3.63) is 0 Å². The normalized spacial score (nSPS) is 33.2. The van der Waals surface area contributed by atoms with E-state index in [0.29, 0.717) is 10.9 Å². The van der Waals surface area contributed by atoms with Gasteiger partial charge >= 0.3 is 0 Å². The summed E-state index contributed by atoms with van der Waals surface area (Å²) in [6.45, 7) is 0. The van der Waals surface area contributed by atoms with Crippen LogP contribution in [0.15, 0.2) is 15.0 Å². The Hall–Kier alpha value is -1.14. The van der Waals surface area contributed by atoms with Gasteiger partial charge < -0.3 is 5.32 Å². The van der Waals surface area contributed by atoms with Crippen molar-refractivity contribution in [2.45, 2.75) is 5.66 Å². The fraction of sp³-hybridized carbons (Fsp3) is 0.200. The molecular formula is C5H5N5S. The minimum Gasteiger partial charge on any atom is -0.315 e. The molecule has 0 aliphatic carbocycles. The minimum atomic E-state index is -0.900. The van der Waals surface area contributed by atoms with E-state index in [4.69, 9.17) is 18.0 Å². The Bertz CT molecular complexity index is 304. The number of nitrogens with two attached hydrogens (primary N) is 1. The number of hydrogen-bond donors (Lipinski definition) is 2. The Kier molecular flexibility index (Phi) is 1.15. The number of nitrogens with one attached hydrogen (secondary N) is 1. The first kappa shape index (κ1) is 6.56. The molecule has 5 nitrogen and oxygen atoms in total. The Morgan fingerprint density at radius 2 is 2.45 bits per heavy atom. The van der Waals surface area contributed by atoms with Gasteiger partial charge in [0.25, 0.3) is 0 Å². The van der Waals surface area contributed by atoms with E-state index in [0.717, 1.165) is 0 Å². The lowest BCUT2D eigenvalue weighted by Gasteiger charge is -2.22. The van der Waals surface area contributed by atoms with Gasteiger partial charge in [0.15, 0.2) is 10.9 Å². The van der Waals surface area contributed by atoms with Crippen LogP contribution in [0, 0.1) is 0 Å². The van der Waals surface area contributed by atoms with E-state index in [1.807, 2.05) is 0 Å². The second kappa shape index (κ2) is 1.93. The summed E-state index contributed by atoms with van der Waals surface area (Å²) in [6, 6.07) is 0. The van der Waals surface area contributed by atoms with Gasteiger partial charge in [-0.2, -0.15) is 0 Å². The SMILES string of the molecule is NC12C=NC(=S)NC1=NC=N2. The molecule has 0 fully saturated rings. The third-order valence-corrected chi connectivity index (χ3v) is 1.65. The summed E-state index contributed by atoms with van der Waals surface area (Å²) in [5.74, 6) is 0.539. The predicted molar refractivity (Wildman–Crippen MR) is 47.1 cm³/mol. The average Bonchev–Trinajstić information content (AvgIpc) is 2.31. The van der Waals surface area contributed by atoms with Gasteiger partial charge in [0.2, 0.25) is 5.66 Å². The highest BCUT2D eigenvalue weighted by molar-refractivity contribution is 7.80. The van der Waals surface area contributed by atoms with Gasteiger partial charge in [0.1, 0.15) is 6.34 Å². The molecular weight excluding hydrogens is 162 g/mol. The maximum Gasteiger partial charge on any atom is 0.204 e. The first-order chi connectivity index (χ1) is 5.21. The number of aliphatic imine (C=N–C) groups is 3. The standard InChI is InChI=1S/C5H5N5S/c6-5-1-7-4(11)10-3(5)8-2-9-5/h1-2H,6H2,(H,8,9,10,11). The number of hydrogen-bond acceptors (Lipinski definition) is 4. The molecule has 1 atom stereocenters. The largest absolute Gasteiger partial charge is 0.315 e. The number of fused-ring (bicyclic) bond motifs is 1. The van der Waals surface area contributed by atoms with Crippen molar-refractivity contribution >= 4 is 35.7 Å². The maximum absolute atomic E-state index is 5.73. The van der Waals surface area contributed by atoms with Crippen LogP contribution >= 0.6 is 12.2 Å². The number of nitrogens with zero attached hydrogens (tertiary/aromatic N) is 3. The van der Waals surface area contributed by atoms with Crippen molar-refractivity contribution in [1.29, 1.82) is 0 Å². The topological polar surface area (TPSA) is 75.1 Å². The average molecular weight is 167 g/mol. The third kappa shape index (κ3) is 0.873. The minimum absolute atomic E-state index is 0.371. The monoisotopic (exact) mass is 167 g/mol. The highest BCUT2D eigenvalue weighted by Crippen LogP contribution is 2.09. The smallest absolute Gasteiger partial charge is 0.204 e. The molecule has 0 amide bonds. The molecule has 1 unspecified atom stereocenters. The van der Waals surface area contributed by atoms with E-state index in [1.165, 1.54) is 12.6 Å². The third-order valence-electron chi connectivity index (χ3n) is 1.44. The fourth-order valence-electron chi connectivity index (χ4n) is 0.864. The van der Waals surface area contributed by atoms with Gasteiger partial charge in [0.05, 0.1) is 6.21 Å². The Balaban J connectivity index is 2.46. The first-order valence-electron chi connectivity index (χ1n) is 2.98. The summed E-state index contributed by atoms with van der Waals surface area (Å²) in [7, 11) is 0. The van der Waals surface area contributed by atoms with Gasteiger partial charge in [-0.1, -0.05) is 0 Å². The van der Waals surface area contributed by atoms with E-state index in [9.17, 15) is 0 Å². The lowest BCUT2D eigenvalue weighted by atomic mass is 10.2. The van der Waals surface area contributed by atoms with Crippen molar-refractivity contribution in [2.24, 2.45) is 20.7 Å². The van der Waals surface area contributed by atoms with E-state index >= 15 is 0 Å². The highest BCUT2D eigenvalue weighted by atomic mass is 32.1. The van der Waals surface area contributed by atoms with Gasteiger partial charge in [-0.15, -0.1) is 0 Å². The van der Waals surface area contributed by atoms with E-state index in [2.05, 4.69) is 20.3 Å². The summed E-state index contributed by atoms with van der Waals surface area (Å²) < 4.78 is 0. The van der Waals surface area contributed by atoms with Crippen molar-refractivity contribution in [2.75, 3.05) is 0 Å². The molecule has 11 heavy (non-hydrogen) atoms. The molecule has 56 valence electrons. The van der Waals surface area contributed by atoms with Crippen LogP contribution in [-0.4, -0.2) is 29.2 Å². The second-order valence-corrected chi connectivity index (χ2v) is 2.62. The predicted octanol–water partition coefficient (Wildman–Crippen LogP) is -0.959. The van der Waals surface area contributed by atoms with E-state index in [1.54, 1.807) is 0 Å². The van der Waals surface area contributed by atoms with Gasteiger partial charge in [0, 0.05) is 0 Å². The Labute approximate surface area is 68.1 Å². The molecule has 0 aromatic carbocycles. The van der Waals surface area contributed by atoms with Crippen LogP contribution in [0.1, 0.15) is 0 Å². The number of amidine groups is 1. The summed E-state index contributed by atoms with van der Waals surface area (Å²) >= 11 is 4.78. The Morgan fingerprint density at radius 1 is 1.64 bits per heavy atom. The number of rotatable bonds is 0. The van der Waals surface area contributed by atoms with Gasteiger partial charge in [-0.3, -0.25) is 5.73 Å². The van der Waals surface area contributed by atoms with Crippen molar-refractivity contribution in [3.8, 4) is 0 Å². The lowest BCUT2D eigenvalue weighted by Crippen LogP contribution is -2.56. The second-order valence-electron chi connectivity index (χ2n) is 2.24. The molecule has 0 saturated heterocycles. The molecule has 6 heteroatoms. The van der Waals surface area contributed by atoms with E-state index in [-0.39, 0.29) is 0 Å². The molecule has 0 aromatic heterocycles. The summed E-state index contributed by atoms with van der Waals surface area (Å²) in [4.78, 5) is 11.6. The molecule has 3 N–H and O–H groups in total. The molecule has 0 radical (unpaired) electrons. The van der Waals surface area contributed by atoms with Crippen LogP contribution in [-0.2, 0) is 0 Å². The van der Waals surface area contributed by atoms with Crippen LogP contribution in [0.4, 0.5) is 0 Å². The van der Waals surface area contributed by atoms with Crippen molar-refractivity contribution in [3.63, 3.8) is 0 Å². The van der Waals surface area contributed by atoms with Crippen LogP contribution in [0.5, 0.6) is 0 Å². The Morgan fingerprint density at radius 3 is 3.27 bits per heavy atom. The van der Waals surface area contributed by atoms with E-state index < -0.39 is 5.66 Å². The van der Waals surface area contributed by atoms with Crippen LogP contribution in [0.25, 0.3) is 0 Å². The van der Waals surface area contributed by atoms with Gasteiger partial charge in [-0.05, 0) is 12.2 Å².